The SMILES string of the molecule is COc1ccc(Br)cc1C(Cl)Cc1ccccc1. The van der Waals surface area contributed by atoms with Crippen LogP contribution in [0.25, 0.3) is 0 Å². The molecule has 0 saturated carbocycles. The summed E-state index contributed by atoms with van der Waals surface area (Å²) in [5, 5.41) is -0.0974. The fourth-order valence-corrected chi connectivity index (χ4v) is 2.61. The third kappa shape index (κ3) is 3.27. The molecule has 2 aromatic rings. The number of alkyl halides is 1. The van der Waals surface area contributed by atoms with Gasteiger partial charge < -0.3 is 4.74 Å². The highest BCUT2D eigenvalue weighted by Crippen LogP contribution is 2.34. The Balaban J connectivity index is 2.23. The molecule has 0 bridgehead atoms. The highest BCUT2D eigenvalue weighted by molar-refractivity contribution is 9.10. The Kier molecular flexibility index (Phi) is 4.67. The number of hydrogen-bond acceptors (Lipinski definition) is 1. The third-order valence-electron chi connectivity index (χ3n) is 2.79. The second-order valence-corrected chi connectivity index (χ2v) is 5.49. The number of methoxy groups -OCH3 is 1. The van der Waals surface area contributed by atoms with Gasteiger partial charge in [0.15, 0.2) is 0 Å². The Bertz CT molecular complexity index is 513. The monoisotopic (exact) mass is 324 g/mol. The number of rotatable bonds is 4. The van der Waals surface area contributed by atoms with Crippen LogP contribution in [-0.2, 0) is 6.42 Å². The molecule has 2 aromatic carbocycles. The number of halogens is 2. The molecule has 0 aromatic heterocycles. The summed E-state index contributed by atoms with van der Waals surface area (Å²) in [6.07, 6.45) is 0.787. The zero-order valence-corrected chi connectivity index (χ0v) is 12.4. The van der Waals surface area contributed by atoms with Crippen molar-refractivity contribution in [2.75, 3.05) is 7.11 Å². The van der Waals surface area contributed by atoms with Gasteiger partial charge in [-0.2, -0.15) is 0 Å². The van der Waals surface area contributed by atoms with Crippen molar-refractivity contribution in [3.8, 4) is 5.75 Å². The van der Waals surface area contributed by atoms with Crippen molar-refractivity contribution in [1.29, 1.82) is 0 Å². The summed E-state index contributed by atoms with van der Waals surface area (Å²) in [4.78, 5) is 0. The van der Waals surface area contributed by atoms with E-state index in [0.717, 1.165) is 22.2 Å². The summed E-state index contributed by atoms with van der Waals surface area (Å²) < 4.78 is 6.37. The number of benzene rings is 2. The molecule has 1 nitrogen and oxygen atoms in total. The van der Waals surface area contributed by atoms with Gasteiger partial charge in [-0.1, -0.05) is 46.3 Å². The lowest BCUT2D eigenvalue weighted by Crippen LogP contribution is -1.99. The van der Waals surface area contributed by atoms with E-state index in [-0.39, 0.29) is 5.38 Å². The molecule has 0 radical (unpaired) electrons. The maximum absolute atomic E-state index is 6.50. The number of hydrogen-bond donors (Lipinski definition) is 0. The van der Waals surface area contributed by atoms with Gasteiger partial charge >= 0.3 is 0 Å². The van der Waals surface area contributed by atoms with E-state index in [4.69, 9.17) is 16.3 Å². The molecule has 18 heavy (non-hydrogen) atoms. The second-order valence-electron chi connectivity index (χ2n) is 4.04. The third-order valence-corrected chi connectivity index (χ3v) is 3.67. The molecule has 0 aliphatic heterocycles. The minimum atomic E-state index is -0.0974. The summed E-state index contributed by atoms with van der Waals surface area (Å²) in [5.41, 5.74) is 2.23. The van der Waals surface area contributed by atoms with Crippen LogP contribution in [0.4, 0.5) is 0 Å². The lowest BCUT2D eigenvalue weighted by molar-refractivity contribution is 0.409. The minimum absolute atomic E-state index is 0.0974. The highest BCUT2D eigenvalue weighted by Gasteiger charge is 2.14. The van der Waals surface area contributed by atoms with Crippen LogP contribution >= 0.6 is 27.5 Å². The van der Waals surface area contributed by atoms with Crippen LogP contribution in [0.5, 0.6) is 5.75 Å². The molecule has 0 heterocycles. The average molecular weight is 326 g/mol. The zero-order chi connectivity index (χ0) is 13.0. The smallest absolute Gasteiger partial charge is 0.123 e. The van der Waals surface area contributed by atoms with Gasteiger partial charge in [-0.3, -0.25) is 0 Å². The van der Waals surface area contributed by atoms with Crippen LogP contribution in [0.2, 0.25) is 0 Å². The Morgan fingerprint density at radius 2 is 1.89 bits per heavy atom. The molecule has 2 rings (SSSR count). The Morgan fingerprint density at radius 1 is 1.17 bits per heavy atom. The van der Waals surface area contributed by atoms with E-state index in [1.165, 1.54) is 5.56 Å². The Hall–Kier alpha value is -0.990. The first-order valence-electron chi connectivity index (χ1n) is 5.72. The van der Waals surface area contributed by atoms with E-state index >= 15 is 0 Å². The second kappa shape index (κ2) is 6.26. The fraction of sp³-hybridized carbons (Fsp3) is 0.200. The van der Waals surface area contributed by atoms with Crippen LogP contribution < -0.4 is 4.74 Å². The first kappa shape index (κ1) is 13.4. The van der Waals surface area contributed by atoms with Crippen LogP contribution in [-0.4, -0.2) is 7.11 Å². The molecule has 0 N–H and O–H groups in total. The summed E-state index contributed by atoms with van der Waals surface area (Å²) in [5.74, 6) is 0.828. The highest BCUT2D eigenvalue weighted by atomic mass is 79.9. The van der Waals surface area contributed by atoms with Gasteiger partial charge in [0.2, 0.25) is 0 Å². The molecule has 0 aliphatic carbocycles. The summed E-state index contributed by atoms with van der Waals surface area (Å²) in [6.45, 7) is 0. The molecule has 0 aliphatic rings. The van der Waals surface area contributed by atoms with Crippen LogP contribution in [0.15, 0.2) is 53.0 Å². The van der Waals surface area contributed by atoms with Crippen molar-refractivity contribution in [1.82, 2.24) is 0 Å². The zero-order valence-electron chi connectivity index (χ0n) is 10.1. The van der Waals surface area contributed by atoms with Crippen molar-refractivity contribution in [2.45, 2.75) is 11.8 Å². The quantitative estimate of drug-likeness (QED) is 0.720. The molecular formula is C15H14BrClO. The van der Waals surface area contributed by atoms with Gasteiger partial charge in [0, 0.05) is 10.0 Å². The van der Waals surface area contributed by atoms with Crippen LogP contribution in [0.1, 0.15) is 16.5 Å². The molecule has 0 spiro atoms. The first-order chi connectivity index (χ1) is 8.70. The maximum atomic E-state index is 6.50. The normalized spacial score (nSPS) is 12.2. The molecule has 1 unspecified atom stereocenters. The van der Waals surface area contributed by atoms with E-state index in [0.29, 0.717) is 0 Å². The molecule has 94 valence electrons. The first-order valence-corrected chi connectivity index (χ1v) is 6.95. The van der Waals surface area contributed by atoms with Gasteiger partial charge in [-0.05, 0) is 30.2 Å². The maximum Gasteiger partial charge on any atom is 0.123 e. The van der Waals surface area contributed by atoms with Gasteiger partial charge in [0.1, 0.15) is 5.75 Å². The van der Waals surface area contributed by atoms with Crippen molar-refractivity contribution < 1.29 is 4.74 Å². The van der Waals surface area contributed by atoms with E-state index in [1.807, 2.05) is 36.4 Å². The fourth-order valence-electron chi connectivity index (χ4n) is 1.88. The van der Waals surface area contributed by atoms with E-state index < -0.39 is 0 Å². The van der Waals surface area contributed by atoms with Crippen molar-refractivity contribution in [3.63, 3.8) is 0 Å². The lowest BCUT2D eigenvalue weighted by Gasteiger charge is -2.14. The largest absolute Gasteiger partial charge is 0.496 e. The van der Waals surface area contributed by atoms with Crippen molar-refractivity contribution >= 4 is 27.5 Å². The predicted molar refractivity (Wildman–Crippen MR) is 79.4 cm³/mol. The van der Waals surface area contributed by atoms with E-state index in [1.54, 1.807) is 7.11 Å². The van der Waals surface area contributed by atoms with Crippen LogP contribution in [0, 0.1) is 0 Å². The Labute approximate surface area is 121 Å². The number of ether oxygens (including phenoxy) is 1. The van der Waals surface area contributed by atoms with E-state index in [9.17, 15) is 0 Å². The summed E-state index contributed by atoms with van der Waals surface area (Å²) >= 11 is 9.96. The summed E-state index contributed by atoms with van der Waals surface area (Å²) in [7, 11) is 1.67. The predicted octanol–water partition coefficient (Wildman–Crippen LogP) is 4.98. The standard InChI is InChI=1S/C15H14BrClO/c1-18-15-8-7-12(16)10-13(15)14(17)9-11-5-3-2-4-6-11/h2-8,10,14H,9H2,1H3. The molecular weight excluding hydrogens is 312 g/mol. The molecule has 0 amide bonds. The molecule has 0 fully saturated rings. The lowest BCUT2D eigenvalue weighted by atomic mass is 10.0. The minimum Gasteiger partial charge on any atom is -0.496 e. The van der Waals surface area contributed by atoms with Crippen LogP contribution in [0.3, 0.4) is 0 Å². The molecule has 3 heteroatoms. The molecule has 0 saturated heterocycles. The van der Waals surface area contributed by atoms with Gasteiger partial charge in [-0.15, -0.1) is 11.6 Å². The van der Waals surface area contributed by atoms with Gasteiger partial charge in [0.25, 0.3) is 0 Å². The van der Waals surface area contributed by atoms with Crippen molar-refractivity contribution in [2.24, 2.45) is 0 Å². The molecule has 1 atom stereocenters. The Morgan fingerprint density at radius 3 is 2.56 bits per heavy atom. The average Bonchev–Trinajstić information content (AvgIpc) is 2.40. The van der Waals surface area contributed by atoms with Gasteiger partial charge in [-0.25, -0.2) is 0 Å². The van der Waals surface area contributed by atoms with Crippen molar-refractivity contribution in [3.05, 3.63) is 64.1 Å². The summed E-state index contributed by atoms with van der Waals surface area (Å²) in [6, 6.07) is 16.1. The topological polar surface area (TPSA) is 9.23 Å². The van der Waals surface area contributed by atoms with Gasteiger partial charge in [0.05, 0.1) is 12.5 Å². The van der Waals surface area contributed by atoms with E-state index in [2.05, 4.69) is 28.1 Å².